The fourth-order valence-corrected chi connectivity index (χ4v) is 9.90. The van der Waals surface area contributed by atoms with Gasteiger partial charge in [-0.2, -0.15) is 0 Å². The SMILES string of the molecule is CC1OC(CC2CC3(CCN(C(=O)NC4C5CC6CC(C5)CC4C6)CC3)c3c(Br)cccc32)O1. The smallest absolute Gasteiger partial charge is 0.317 e. The number of amides is 2. The molecule has 1 atom stereocenters. The maximum absolute atomic E-state index is 13.4. The number of urea groups is 1. The Morgan fingerprint density at radius 2 is 1.76 bits per heavy atom. The Bertz CT molecular complexity index is 940. The first-order valence-corrected chi connectivity index (χ1v) is 14.4. The number of benzene rings is 1. The van der Waals surface area contributed by atoms with Crippen molar-refractivity contribution in [3.63, 3.8) is 0 Å². The monoisotopic (exact) mass is 528 g/mol. The Kier molecular flexibility index (Phi) is 5.34. The summed E-state index contributed by atoms with van der Waals surface area (Å²) in [7, 11) is 0. The quantitative estimate of drug-likeness (QED) is 0.530. The summed E-state index contributed by atoms with van der Waals surface area (Å²) in [6, 6.07) is 7.26. The van der Waals surface area contributed by atoms with Crippen molar-refractivity contribution in [1.29, 1.82) is 0 Å². The third-order valence-corrected chi connectivity index (χ3v) is 11.0. The standard InChI is InChI=1S/C28H37BrN2O3/c1-16-33-24(34-16)14-21-15-28(25-22(21)3-2-4-23(25)29)5-7-31(8-6-28)27(32)30-26-19-10-17-9-18(12-19)13-20(26)11-17/h2-4,16-21,24,26H,5-15H2,1H3,(H,30,32). The summed E-state index contributed by atoms with van der Waals surface area (Å²) in [5, 5.41) is 3.54. The van der Waals surface area contributed by atoms with Crippen LogP contribution in [0.25, 0.3) is 0 Å². The number of carbonyl (C=O) groups excluding carboxylic acids is 1. The molecule has 1 aromatic rings. The van der Waals surface area contributed by atoms with E-state index in [1.807, 2.05) is 6.92 Å². The van der Waals surface area contributed by atoms with E-state index in [4.69, 9.17) is 9.47 Å². The van der Waals surface area contributed by atoms with Gasteiger partial charge in [0.1, 0.15) is 0 Å². The maximum atomic E-state index is 13.4. The number of halogens is 1. The summed E-state index contributed by atoms with van der Waals surface area (Å²) in [6.07, 6.45) is 10.8. The van der Waals surface area contributed by atoms with Crippen molar-refractivity contribution in [3.05, 3.63) is 33.8 Å². The van der Waals surface area contributed by atoms with Crippen LogP contribution in [0.15, 0.2) is 22.7 Å². The van der Waals surface area contributed by atoms with E-state index in [-0.39, 0.29) is 24.0 Å². The predicted octanol–water partition coefficient (Wildman–Crippen LogP) is 5.91. The van der Waals surface area contributed by atoms with Gasteiger partial charge in [0.05, 0.1) is 0 Å². The molecule has 2 saturated heterocycles. The van der Waals surface area contributed by atoms with E-state index in [1.54, 1.807) is 0 Å². The topological polar surface area (TPSA) is 50.8 Å². The fraction of sp³-hybridized carbons (Fsp3) is 0.750. The number of likely N-dealkylation sites (tertiary alicyclic amines) is 1. The molecule has 2 amide bonds. The lowest BCUT2D eigenvalue weighted by Crippen LogP contribution is -2.59. The van der Waals surface area contributed by atoms with Crippen LogP contribution >= 0.6 is 15.9 Å². The fourth-order valence-electron chi connectivity index (χ4n) is 9.10. The van der Waals surface area contributed by atoms with E-state index in [0.717, 1.165) is 62.4 Å². The molecule has 0 radical (unpaired) electrons. The number of ether oxygens (including phenoxy) is 2. The number of piperidine rings is 1. The molecule has 6 heteroatoms. The van der Waals surface area contributed by atoms with Gasteiger partial charge in [-0.1, -0.05) is 28.1 Å². The van der Waals surface area contributed by atoms with Crippen LogP contribution in [0.3, 0.4) is 0 Å². The van der Waals surface area contributed by atoms with Crippen LogP contribution in [-0.2, 0) is 14.9 Å². The molecule has 1 aromatic carbocycles. The first kappa shape index (κ1) is 22.1. The lowest BCUT2D eigenvalue weighted by Gasteiger charge is -2.54. The van der Waals surface area contributed by atoms with Gasteiger partial charge in [-0.15, -0.1) is 0 Å². The zero-order chi connectivity index (χ0) is 23.0. The molecular formula is C28H37BrN2O3. The van der Waals surface area contributed by atoms with Gasteiger partial charge in [0.25, 0.3) is 0 Å². The average molecular weight is 530 g/mol. The average Bonchev–Trinajstić information content (AvgIpc) is 3.09. The van der Waals surface area contributed by atoms with Gasteiger partial charge in [0.15, 0.2) is 12.6 Å². The van der Waals surface area contributed by atoms with Gasteiger partial charge in [0.2, 0.25) is 0 Å². The van der Waals surface area contributed by atoms with Crippen LogP contribution in [-0.4, -0.2) is 42.6 Å². The molecule has 1 unspecified atom stereocenters. The second-order valence-corrected chi connectivity index (χ2v) is 13.1. The lowest BCUT2D eigenvalue weighted by atomic mass is 9.54. The number of nitrogens with one attached hydrogen (secondary N) is 1. The van der Waals surface area contributed by atoms with Crippen molar-refractivity contribution in [1.82, 2.24) is 10.2 Å². The zero-order valence-corrected chi connectivity index (χ0v) is 21.8. The Labute approximate surface area is 211 Å². The Morgan fingerprint density at radius 1 is 1.09 bits per heavy atom. The highest BCUT2D eigenvalue weighted by molar-refractivity contribution is 9.10. The van der Waals surface area contributed by atoms with Crippen molar-refractivity contribution >= 4 is 22.0 Å². The molecular weight excluding hydrogens is 492 g/mol. The highest BCUT2D eigenvalue weighted by Crippen LogP contribution is 2.56. The van der Waals surface area contributed by atoms with Gasteiger partial charge in [-0.3, -0.25) is 0 Å². The molecule has 7 aliphatic rings. The Balaban J connectivity index is 1.03. The number of carbonyl (C=O) groups is 1. The van der Waals surface area contributed by atoms with Gasteiger partial charge >= 0.3 is 6.03 Å². The molecule has 4 bridgehead atoms. The summed E-state index contributed by atoms with van der Waals surface area (Å²) in [5.41, 5.74) is 3.08. The van der Waals surface area contributed by atoms with E-state index in [2.05, 4.69) is 44.3 Å². The first-order valence-electron chi connectivity index (χ1n) is 13.6. The third kappa shape index (κ3) is 3.57. The summed E-state index contributed by atoms with van der Waals surface area (Å²) in [5.74, 6) is 3.80. The van der Waals surface area contributed by atoms with Crippen LogP contribution < -0.4 is 5.32 Å². The lowest BCUT2D eigenvalue weighted by molar-refractivity contribution is -0.378. The van der Waals surface area contributed by atoms with Crippen molar-refractivity contribution in [2.45, 2.75) is 94.7 Å². The Hall–Kier alpha value is -1.11. The normalized spacial score (nSPS) is 41.4. The number of hydrogen-bond acceptors (Lipinski definition) is 3. The second-order valence-electron chi connectivity index (χ2n) is 12.3. The maximum Gasteiger partial charge on any atom is 0.317 e. The van der Waals surface area contributed by atoms with Gasteiger partial charge in [0, 0.05) is 35.4 Å². The summed E-state index contributed by atoms with van der Waals surface area (Å²) in [4.78, 5) is 15.5. The minimum absolute atomic E-state index is 0.0708. The van der Waals surface area contributed by atoms with Gasteiger partial charge in [-0.05, 0) is 105 Å². The predicted molar refractivity (Wildman–Crippen MR) is 133 cm³/mol. The number of fused-ring (bicyclic) bond motifs is 2. The minimum atomic E-state index is -0.0752. The molecule has 2 heterocycles. The first-order chi connectivity index (χ1) is 16.5. The van der Waals surface area contributed by atoms with Crippen molar-refractivity contribution < 1.29 is 14.3 Å². The molecule has 184 valence electrons. The molecule has 0 aromatic heterocycles. The van der Waals surface area contributed by atoms with Crippen molar-refractivity contribution in [3.8, 4) is 0 Å². The largest absolute Gasteiger partial charge is 0.335 e. The number of nitrogens with zero attached hydrogens (tertiary/aromatic N) is 1. The summed E-state index contributed by atoms with van der Waals surface area (Å²) >= 11 is 3.88. The molecule has 2 aliphatic heterocycles. The highest BCUT2D eigenvalue weighted by Gasteiger charge is 2.51. The van der Waals surface area contributed by atoms with Crippen molar-refractivity contribution in [2.75, 3.05) is 13.1 Å². The van der Waals surface area contributed by atoms with Crippen LogP contribution in [0.5, 0.6) is 0 Å². The number of rotatable bonds is 3. The zero-order valence-electron chi connectivity index (χ0n) is 20.2. The molecule has 4 saturated carbocycles. The molecule has 5 nitrogen and oxygen atoms in total. The van der Waals surface area contributed by atoms with E-state index in [9.17, 15) is 4.79 Å². The molecule has 6 fully saturated rings. The highest BCUT2D eigenvalue weighted by atomic mass is 79.9. The van der Waals surface area contributed by atoms with Crippen LogP contribution in [0.1, 0.15) is 81.8 Å². The molecule has 1 N–H and O–H groups in total. The van der Waals surface area contributed by atoms with E-state index >= 15 is 0 Å². The van der Waals surface area contributed by atoms with Crippen LogP contribution in [0, 0.1) is 23.7 Å². The summed E-state index contributed by atoms with van der Waals surface area (Å²) in [6.45, 7) is 3.65. The third-order valence-electron chi connectivity index (χ3n) is 10.3. The van der Waals surface area contributed by atoms with Gasteiger partial charge < -0.3 is 19.7 Å². The number of hydrogen-bond donors (Lipinski definition) is 1. The van der Waals surface area contributed by atoms with Crippen molar-refractivity contribution in [2.24, 2.45) is 23.7 Å². The second kappa shape index (κ2) is 8.21. The van der Waals surface area contributed by atoms with E-state index in [0.29, 0.717) is 12.0 Å². The van der Waals surface area contributed by atoms with Crippen LogP contribution in [0.4, 0.5) is 4.79 Å². The minimum Gasteiger partial charge on any atom is -0.335 e. The van der Waals surface area contributed by atoms with Gasteiger partial charge in [-0.25, -0.2) is 4.79 Å². The van der Waals surface area contributed by atoms with E-state index in [1.165, 1.54) is 47.7 Å². The molecule has 34 heavy (non-hydrogen) atoms. The molecule has 8 rings (SSSR count). The molecule has 1 spiro atoms. The molecule has 5 aliphatic carbocycles. The summed E-state index contributed by atoms with van der Waals surface area (Å²) < 4.78 is 12.8. The van der Waals surface area contributed by atoms with E-state index < -0.39 is 0 Å². The Morgan fingerprint density at radius 3 is 2.41 bits per heavy atom. The van der Waals surface area contributed by atoms with Crippen LogP contribution in [0.2, 0.25) is 0 Å².